The highest BCUT2D eigenvalue weighted by Gasteiger charge is 2.21. The fraction of sp³-hybridized carbons (Fsp3) is 0.739. The van der Waals surface area contributed by atoms with Crippen molar-refractivity contribution in [1.29, 1.82) is 0 Å². The average molecular weight is 404 g/mol. The molecule has 6 nitrogen and oxygen atoms in total. The predicted molar refractivity (Wildman–Crippen MR) is 122 cm³/mol. The first-order valence-corrected chi connectivity index (χ1v) is 11.0. The Kier molecular flexibility index (Phi) is 7.68. The van der Waals surface area contributed by atoms with E-state index in [0.29, 0.717) is 12.4 Å². The maximum absolute atomic E-state index is 10.4. The van der Waals surface area contributed by atoms with E-state index in [9.17, 15) is 5.11 Å². The zero-order chi connectivity index (χ0) is 21.8. The lowest BCUT2D eigenvalue weighted by Crippen LogP contribution is -2.38. The van der Waals surface area contributed by atoms with Crippen molar-refractivity contribution in [2.45, 2.75) is 97.8 Å². The van der Waals surface area contributed by atoms with Crippen molar-refractivity contribution >= 4 is 16.9 Å². The lowest BCUT2D eigenvalue weighted by Gasteiger charge is -2.31. The Morgan fingerprint density at radius 1 is 1.07 bits per heavy atom. The van der Waals surface area contributed by atoms with Crippen molar-refractivity contribution in [1.82, 2.24) is 19.4 Å². The standard InChI is InChI=1S/C23H41N5O/c1-8-9-13-19-26-20-18(28(19)16-23(5,6)29)15-17(25-21(20)24)12-10-11-14-27(7)22(2,3)4/h15,29H,8-14,16H2,1-7H3,(H2,24,25). The first-order valence-electron chi connectivity index (χ1n) is 11.0. The fourth-order valence-corrected chi connectivity index (χ4v) is 3.45. The predicted octanol–water partition coefficient (Wildman–Crippen LogP) is 4.18. The molecule has 164 valence electrons. The van der Waals surface area contributed by atoms with Crippen molar-refractivity contribution < 1.29 is 5.11 Å². The van der Waals surface area contributed by atoms with Crippen molar-refractivity contribution in [3.05, 3.63) is 17.6 Å². The second kappa shape index (κ2) is 9.43. The quantitative estimate of drug-likeness (QED) is 0.582. The van der Waals surface area contributed by atoms with Crippen LogP contribution < -0.4 is 5.73 Å². The van der Waals surface area contributed by atoms with Gasteiger partial charge in [-0.2, -0.15) is 0 Å². The Bertz CT molecular complexity index is 798. The first kappa shape index (κ1) is 23.6. The number of nitrogen functional groups attached to an aromatic ring is 1. The van der Waals surface area contributed by atoms with E-state index in [1.807, 2.05) is 13.8 Å². The third kappa shape index (κ3) is 6.68. The van der Waals surface area contributed by atoms with E-state index in [1.165, 1.54) is 0 Å². The van der Waals surface area contributed by atoms with E-state index in [1.54, 1.807) is 0 Å². The zero-order valence-electron chi connectivity index (χ0n) is 19.5. The molecule has 0 spiro atoms. The molecular weight excluding hydrogens is 362 g/mol. The van der Waals surface area contributed by atoms with Gasteiger partial charge in [0.2, 0.25) is 0 Å². The summed E-state index contributed by atoms with van der Waals surface area (Å²) in [6.45, 7) is 14.1. The number of imidazole rings is 1. The van der Waals surface area contributed by atoms with Gasteiger partial charge in [-0.25, -0.2) is 9.97 Å². The molecule has 2 aromatic heterocycles. The number of hydrogen-bond donors (Lipinski definition) is 2. The monoisotopic (exact) mass is 403 g/mol. The Morgan fingerprint density at radius 2 is 1.76 bits per heavy atom. The number of aryl methyl sites for hydroxylation is 2. The van der Waals surface area contributed by atoms with Crippen LogP contribution in [0.2, 0.25) is 0 Å². The summed E-state index contributed by atoms with van der Waals surface area (Å²) in [4.78, 5) is 11.8. The van der Waals surface area contributed by atoms with Crippen LogP contribution in [0.1, 0.15) is 78.7 Å². The summed E-state index contributed by atoms with van der Waals surface area (Å²) < 4.78 is 2.14. The van der Waals surface area contributed by atoms with E-state index in [4.69, 9.17) is 10.7 Å². The summed E-state index contributed by atoms with van der Waals surface area (Å²) >= 11 is 0. The highest BCUT2D eigenvalue weighted by Crippen LogP contribution is 2.25. The summed E-state index contributed by atoms with van der Waals surface area (Å²) in [7, 11) is 2.18. The van der Waals surface area contributed by atoms with Crippen molar-refractivity contribution in [2.75, 3.05) is 19.3 Å². The molecule has 0 atom stereocenters. The van der Waals surface area contributed by atoms with E-state index in [2.05, 4.69) is 55.3 Å². The molecule has 0 aromatic carbocycles. The number of unbranched alkanes of at least 4 members (excludes halogenated alkanes) is 2. The van der Waals surface area contributed by atoms with E-state index in [-0.39, 0.29) is 5.54 Å². The molecule has 0 unspecified atom stereocenters. The molecule has 2 rings (SSSR count). The van der Waals surface area contributed by atoms with E-state index >= 15 is 0 Å². The SMILES string of the molecule is CCCCc1nc2c(N)nc(CCCCN(C)C(C)(C)C)cc2n1CC(C)(C)O. The molecular formula is C23H41N5O. The van der Waals surface area contributed by atoms with Gasteiger partial charge in [-0.15, -0.1) is 0 Å². The number of nitrogens with two attached hydrogens (primary N) is 1. The lowest BCUT2D eigenvalue weighted by molar-refractivity contribution is 0.0618. The maximum atomic E-state index is 10.4. The van der Waals surface area contributed by atoms with Crippen molar-refractivity contribution in [2.24, 2.45) is 0 Å². The molecule has 0 aliphatic rings. The minimum absolute atomic E-state index is 0.195. The summed E-state index contributed by atoms with van der Waals surface area (Å²) in [6.07, 6.45) is 6.15. The Hall–Kier alpha value is -1.66. The van der Waals surface area contributed by atoms with Gasteiger partial charge in [0.15, 0.2) is 5.82 Å². The number of rotatable bonds is 10. The number of nitrogens with zero attached hydrogens (tertiary/aromatic N) is 4. The Labute approximate surface area is 176 Å². The topological polar surface area (TPSA) is 80.2 Å². The number of pyridine rings is 1. The summed E-state index contributed by atoms with van der Waals surface area (Å²) in [5.74, 6) is 1.48. The first-order chi connectivity index (χ1) is 13.4. The van der Waals surface area contributed by atoms with Gasteiger partial charge in [-0.3, -0.25) is 0 Å². The van der Waals surface area contributed by atoms with Gasteiger partial charge in [0.25, 0.3) is 0 Å². The smallest absolute Gasteiger partial charge is 0.151 e. The van der Waals surface area contributed by atoms with Crippen LogP contribution in [0.3, 0.4) is 0 Å². The normalized spacial score (nSPS) is 13.0. The molecule has 0 saturated heterocycles. The highest BCUT2D eigenvalue weighted by atomic mass is 16.3. The van der Waals surface area contributed by atoms with Crippen LogP contribution in [0.4, 0.5) is 5.82 Å². The van der Waals surface area contributed by atoms with Crippen LogP contribution in [0.15, 0.2) is 6.07 Å². The van der Waals surface area contributed by atoms with Crippen LogP contribution in [-0.4, -0.2) is 49.3 Å². The number of anilines is 1. The lowest BCUT2D eigenvalue weighted by atomic mass is 10.1. The average Bonchev–Trinajstić information content (AvgIpc) is 2.92. The molecule has 2 aromatic rings. The van der Waals surface area contributed by atoms with Crippen LogP contribution in [-0.2, 0) is 19.4 Å². The number of fused-ring (bicyclic) bond motifs is 1. The van der Waals surface area contributed by atoms with Gasteiger partial charge in [-0.05, 0) is 80.0 Å². The van der Waals surface area contributed by atoms with Crippen LogP contribution in [0, 0.1) is 0 Å². The third-order valence-electron chi connectivity index (χ3n) is 5.52. The molecule has 0 fully saturated rings. The minimum atomic E-state index is -0.815. The van der Waals surface area contributed by atoms with Gasteiger partial charge in [0, 0.05) is 17.7 Å². The number of hydrogen-bond acceptors (Lipinski definition) is 5. The molecule has 2 heterocycles. The molecule has 29 heavy (non-hydrogen) atoms. The number of aliphatic hydroxyl groups is 1. The summed E-state index contributed by atoms with van der Waals surface area (Å²) in [5.41, 5.74) is 8.42. The third-order valence-corrected chi connectivity index (χ3v) is 5.52. The van der Waals surface area contributed by atoms with Crippen LogP contribution >= 0.6 is 0 Å². The van der Waals surface area contributed by atoms with Gasteiger partial charge in [0.1, 0.15) is 11.3 Å². The molecule has 3 N–H and O–H groups in total. The van der Waals surface area contributed by atoms with Gasteiger partial charge >= 0.3 is 0 Å². The fourth-order valence-electron chi connectivity index (χ4n) is 3.45. The Morgan fingerprint density at radius 3 is 2.34 bits per heavy atom. The molecule has 0 aliphatic carbocycles. The second-order valence-electron chi connectivity index (χ2n) is 9.95. The highest BCUT2D eigenvalue weighted by molar-refractivity contribution is 5.85. The van der Waals surface area contributed by atoms with Gasteiger partial charge < -0.3 is 20.3 Å². The van der Waals surface area contributed by atoms with Crippen LogP contribution in [0.25, 0.3) is 11.0 Å². The van der Waals surface area contributed by atoms with Gasteiger partial charge in [0.05, 0.1) is 17.7 Å². The largest absolute Gasteiger partial charge is 0.389 e. The van der Waals surface area contributed by atoms with E-state index < -0.39 is 5.60 Å². The van der Waals surface area contributed by atoms with Crippen LogP contribution in [0.5, 0.6) is 0 Å². The van der Waals surface area contributed by atoms with Gasteiger partial charge in [-0.1, -0.05) is 13.3 Å². The Balaban J connectivity index is 2.22. The molecule has 0 radical (unpaired) electrons. The molecule has 0 saturated carbocycles. The molecule has 0 amide bonds. The maximum Gasteiger partial charge on any atom is 0.151 e. The minimum Gasteiger partial charge on any atom is -0.389 e. The summed E-state index contributed by atoms with van der Waals surface area (Å²) in [5, 5.41) is 10.4. The molecule has 0 bridgehead atoms. The van der Waals surface area contributed by atoms with E-state index in [0.717, 1.165) is 67.6 Å². The molecule has 6 heteroatoms. The second-order valence-corrected chi connectivity index (χ2v) is 9.95. The van der Waals surface area contributed by atoms with Crippen molar-refractivity contribution in [3.63, 3.8) is 0 Å². The van der Waals surface area contributed by atoms with Crippen molar-refractivity contribution in [3.8, 4) is 0 Å². The summed E-state index contributed by atoms with van der Waals surface area (Å²) in [6, 6.07) is 2.12. The number of aromatic nitrogens is 3. The zero-order valence-corrected chi connectivity index (χ0v) is 19.5. The molecule has 0 aliphatic heterocycles.